The van der Waals surface area contributed by atoms with Crippen LogP contribution in [0.1, 0.15) is 36.9 Å². The van der Waals surface area contributed by atoms with Crippen molar-refractivity contribution < 1.29 is 14.7 Å². The van der Waals surface area contributed by atoms with E-state index in [1.54, 1.807) is 4.90 Å². The number of pyridine rings is 1. The first-order valence-corrected chi connectivity index (χ1v) is 9.54. The Kier molecular flexibility index (Phi) is 6.17. The van der Waals surface area contributed by atoms with E-state index >= 15 is 0 Å². The lowest BCUT2D eigenvalue weighted by atomic mass is 10.1. The predicted octanol–water partition coefficient (Wildman–Crippen LogP) is 1.98. The zero-order valence-electron chi connectivity index (χ0n) is 15.5. The second-order valence-electron chi connectivity index (χ2n) is 7.04. The van der Waals surface area contributed by atoms with Gasteiger partial charge in [0, 0.05) is 31.9 Å². The maximum atomic E-state index is 12.7. The number of hydrogen-bond acceptors (Lipinski definition) is 4. The summed E-state index contributed by atoms with van der Waals surface area (Å²) in [6.45, 7) is 2.77. The largest absolute Gasteiger partial charge is 0.481 e. The van der Waals surface area contributed by atoms with Gasteiger partial charge in [0.25, 0.3) is 0 Å². The van der Waals surface area contributed by atoms with Gasteiger partial charge in [0.1, 0.15) is 11.9 Å². The molecule has 2 aliphatic rings. The molecule has 0 saturated carbocycles. The minimum absolute atomic E-state index is 0.162. The molecule has 0 radical (unpaired) electrons. The highest BCUT2D eigenvalue weighted by Crippen LogP contribution is 2.20. The van der Waals surface area contributed by atoms with Gasteiger partial charge in [-0.3, -0.25) is 4.79 Å². The zero-order valence-corrected chi connectivity index (χ0v) is 15.5. The number of fused-ring (bicyclic) bond motifs is 1. The molecule has 1 fully saturated rings. The van der Waals surface area contributed by atoms with Crippen LogP contribution in [0.15, 0.2) is 12.1 Å². The summed E-state index contributed by atoms with van der Waals surface area (Å²) in [6.07, 6.45) is 9.85. The molecule has 1 aromatic rings. The highest BCUT2D eigenvalue weighted by Gasteiger charge is 2.31. The Balaban J connectivity index is 1.54. The summed E-state index contributed by atoms with van der Waals surface area (Å²) in [5, 5.41) is 12.3. The van der Waals surface area contributed by atoms with Crippen LogP contribution in [0.3, 0.4) is 0 Å². The topological polar surface area (TPSA) is 85.8 Å². The highest BCUT2D eigenvalue weighted by molar-refractivity contribution is 5.77. The number of carboxylic acids is 1. The molecule has 27 heavy (non-hydrogen) atoms. The third kappa shape index (κ3) is 4.70. The van der Waals surface area contributed by atoms with Gasteiger partial charge >= 0.3 is 12.0 Å². The summed E-state index contributed by atoms with van der Waals surface area (Å²) < 4.78 is 0. The maximum Gasteiger partial charge on any atom is 0.321 e. The Hall–Kier alpha value is -2.75. The first kappa shape index (κ1) is 19.0. The quantitative estimate of drug-likeness (QED) is 0.717. The normalized spacial score (nSPS) is 17.7. The second kappa shape index (κ2) is 8.76. The number of amides is 2. The van der Waals surface area contributed by atoms with Crippen LogP contribution >= 0.6 is 0 Å². The molecule has 0 aliphatic carbocycles. The van der Waals surface area contributed by atoms with Crippen LogP contribution < -0.4 is 5.32 Å². The van der Waals surface area contributed by atoms with Crippen molar-refractivity contribution in [3.05, 3.63) is 23.4 Å². The van der Waals surface area contributed by atoms with Crippen molar-refractivity contribution in [1.29, 1.82) is 0 Å². The molecular formula is C20H26N4O3. The van der Waals surface area contributed by atoms with Crippen molar-refractivity contribution in [2.75, 3.05) is 31.5 Å². The first-order valence-electron chi connectivity index (χ1n) is 9.54. The molecule has 1 unspecified atom stereocenters. The van der Waals surface area contributed by atoms with Crippen LogP contribution in [0.4, 0.5) is 10.6 Å². The van der Waals surface area contributed by atoms with E-state index in [1.165, 1.54) is 10.5 Å². The lowest BCUT2D eigenvalue weighted by molar-refractivity contribution is -0.137. The van der Waals surface area contributed by atoms with Crippen molar-refractivity contribution in [1.82, 2.24) is 14.8 Å². The number of carbonyl (C=O) groups excluding carboxylic acids is 1. The number of aryl methyl sites for hydroxylation is 2. The number of aliphatic carboxylic acids is 1. The number of nitrogens with zero attached hydrogens (tertiary/aromatic N) is 3. The van der Waals surface area contributed by atoms with Gasteiger partial charge < -0.3 is 20.2 Å². The molecule has 1 saturated heterocycles. The van der Waals surface area contributed by atoms with E-state index < -0.39 is 12.0 Å². The molecule has 144 valence electrons. The number of carboxylic acid groups (broad SMARTS) is 1. The molecule has 2 aliphatic heterocycles. The van der Waals surface area contributed by atoms with Crippen LogP contribution in [0.2, 0.25) is 0 Å². The Morgan fingerprint density at radius 3 is 3.00 bits per heavy atom. The molecule has 0 spiro atoms. The van der Waals surface area contributed by atoms with Crippen LogP contribution in [-0.4, -0.2) is 64.1 Å². The molecule has 1 aromatic heterocycles. The van der Waals surface area contributed by atoms with E-state index in [0.29, 0.717) is 19.6 Å². The summed E-state index contributed by atoms with van der Waals surface area (Å²) in [4.78, 5) is 31.6. The number of terminal acetylenes is 1. The van der Waals surface area contributed by atoms with E-state index in [1.807, 2.05) is 0 Å². The summed E-state index contributed by atoms with van der Waals surface area (Å²) >= 11 is 0. The average Bonchev–Trinajstić information content (AvgIpc) is 2.67. The van der Waals surface area contributed by atoms with E-state index in [9.17, 15) is 9.59 Å². The number of urea groups is 1. The monoisotopic (exact) mass is 370 g/mol. The van der Waals surface area contributed by atoms with E-state index in [2.05, 4.69) is 28.4 Å². The smallest absolute Gasteiger partial charge is 0.321 e. The number of nitrogens with one attached hydrogen (secondary N) is 1. The molecule has 7 nitrogen and oxygen atoms in total. The number of aromatic nitrogens is 1. The van der Waals surface area contributed by atoms with Crippen molar-refractivity contribution in [3.8, 4) is 12.3 Å². The Labute approximate surface area is 159 Å². The van der Waals surface area contributed by atoms with Crippen LogP contribution in [0, 0.1) is 12.3 Å². The van der Waals surface area contributed by atoms with Gasteiger partial charge in [-0.1, -0.05) is 12.0 Å². The fourth-order valence-electron chi connectivity index (χ4n) is 3.69. The van der Waals surface area contributed by atoms with Gasteiger partial charge in [0.05, 0.1) is 6.42 Å². The summed E-state index contributed by atoms with van der Waals surface area (Å²) in [7, 11) is 0. The third-order valence-corrected chi connectivity index (χ3v) is 5.09. The Morgan fingerprint density at radius 1 is 1.37 bits per heavy atom. The molecular weight excluding hydrogens is 344 g/mol. The zero-order chi connectivity index (χ0) is 19.2. The van der Waals surface area contributed by atoms with Crippen LogP contribution in [0.25, 0.3) is 0 Å². The van der Waals surface area contributed by atoms with Gasteiger partial charge in [0.2, 0.25) is 0 Å². The first-order chi connectivity index (χ1) is 13.1. The van der Waals surface area contributed by atoms with Crippen molar-refractivity contribution in [3.63, 3.8) is 0 Å². The summed E-state index contributed by atoms with van der Waals surface area (Å²) in [5.41, 5.74) is 2.29. The minimum atomic E-state index is -0.991. The minimum Gasteiger partial charge on any atom is -0.481 e. The molecule has 3 rings (SSSR count). The van der Waals surface area contributed by atoms with Crippen LogP contribution in [-0.2, 0) is 17.6 Å². The van der Waals surface area contributed by atoms with Crippen molar-refractivity contribution >= 4 is 17.8 Å². The standard InChI is InChI=1S/C20H26N4O3/c1-2-17(14-18(25)26)24-13-5-12-23(20(24)27)11-4-7-16-9-8-15-6-3-10-21-19(15)22-16/h1,8-9,17H,3-7,10-14H2,(H,21,22)(H,25,26). The predicted molar refractivity (Wildman–Crippen MR) is 103 cm³/mol. The van der Waals surface area contributed by atoms with Gasteiger partial charge in [-0.05, 0) is 43.7 Å². The number of rotatable bonds is 7. The van der Waals surface area contributed by atoms with Gasteiger partial charge in [-0.2, -0.15) is 0 Å². The second-order valence-corrected chi connectivity index (χ2v) is 7.04. The Bertz CT molecular complexity index is 743. The molecule has 2 N–H and O–H groups in total. The van der Waals surface area contributed by atoms with Gasteiger partial charge in [-0.15, -0.1) is 6.42 Å². The summed E-state index contributed by atoms with van der Waals surface area (Å²) in [5.74, 6) is 2.45. The van der Waals surface area contributed by atoms with Crippen molar-refractivity contribution in [2.45, 2.75) is 44.6 Å². The molecule has 7 heteroatoms. The summed E-state index contributed by atoms with van der Waals surface area (Å²) in [6, 6.07) is 3.36. The fourth-order valence-corrected chi connectivity index (χ4v) is 3.69. The molecule has 2 amide bonds. The SMILES string of the molecule is C#CC(CC(=O)O)N1CCCN(CCCc2ccc3c(n2)NCCC3)C1=O. The van der Waals surface area contributed by atoms with Crippen molar-refractivity contribution in [2.24, 2.45) is 0 Å². The Morgan fingerprint density at radius 2 is 2.22 bits per heavy atom. The van der Waals surface area contributed by atoms with Gasteiger partial charge in [0.15, 0.2) is 0 Å². The fraction of sp³-hybridized carbons (Fsp3) is 0.550. The van der Waals surface area contributed by atoms with Gasteiger partial charge in [-0.25, -0.2) is 9.78 Å². The molecule has 0 aromatic carbocycles. The number of anilines is 1. The highest BCUT2D eigenvalue weighted by atomic mass is 16.4. The third-order valence-electron chi connectivity index (χ3n) is 5.09. The molecule has 3 heterocycles. The molecule has 1 atom stereocenters. The van der Waals surface area contributed by atoms with E-state index in [-0.39, 0.29) is 12.5 Å². The van der Waals surface area contributed by atoms with Crippen LogP contribution in [0.5, 0.6) is 0 Å². The van der Waals surface area contributed by atoms with E-state index in [0.717, 1.165) is 50.2 Å². The molecule has 0 bridgehead atoms. The number of hydrogen-bond donors (Lipinski definition) is 2. The average molecular weight is 370 g/mol. The lowest BCUT2D eigenvalue weighted by Gasteiger charge is -2.38. The lowest BCUT2D eigenvalue weighted by Crippen LogP contribution is -2.53. The van der Waals surface area contributed by atoms with E-state index in [4.69, 9.17) is 11.5 Å². The maximum absolute atomic E-state index is 12.7. The number of carbonyl (C=O) groups is 2.